The van der Waals surface area contributed by atoms with Crippen LogP contribution in [0.25, 0.3) is 0 Å². The molecule has 0 aliphatic carbocycles. The molecule has 0 amide bonds. The SMILES string of the molecule is COCn1ccnc1CCCO[Si](C(C)C)(C(C)C)C(C)C. The van der Waals surface area contributed by atoms with Gasteiger partial charge in [0, 0.05) is 32.5 Å². The fourth-order valence-corrected chi connectivity index (χ4v) is 9.30. The average Bonchev–Trinajstić information content (AvgIpc) is 2.85. The van der Waals surface area contributed by atoms with Crippen LogP contribution in [0.15, 0.2) is 12.4 Å². The minimum Gasteiger partial charge on any atom is -0.416 e. The molecule has 0 radical (unpaired) electrons. The highest BCUT2D eigenvalue weighted by Gasteiger charge is 2.44. The highest BCUT2D eigenvalue weighted by Crippen LogP contribution is 2.42. The van der Waals surface area contributed by atoms with E-state index in [4.69, 9.17) is 9.16 Å². The quantitative estimate of drug-likeness (QED) is 0.465. The number of aromatic nitrogens is 2. The average molecular weight is 327 g/mol. The van der Waals surface area contributed by atoms with Gasteiger partial charge < -0.3 is 13.7 Å². The lowest BCUT2D eigenvalue weighted by molar-refractivity contribution is 0.128. The molecule has 0 N–H and O–H groups in total. The highest BCUT2D eigenvalue weighted by molar-refractivity contribution is 6.77. The van der Waals surface area contributed by atoms with E-state index in [0.717, 1.165) is 25.3 Å². The summed E-state index contributed by atoms with van der Waals surface area (Å²) in [6, 6.07) is 0. The third-order valence-corrected chi connectivity index (χ3v) is 10.8. The lowest BCUT2D eigenvalue weighted by Gasteiger charge is -2.42. The maximum atomic E-state index is 6.58. The fourth-order valence-electron chi connectivity index (χ4n) is 3.80. The minimum atomic E-state index is -1.73. The van der Waals surface area contributed by atoms with Crippen molar-refractivity contribution < 1.29 is 9.16 Å². The molecule has 128 valence electrons. The van der Waals surface area contributed by atoms with E-state index in [1.165, 1.54) is 0 Å². The number of methoxy groups -OCH3 is 1. The van der Waals surface area contributed by atoms with E-state index in [9.17, 15) is 0 Å². The zero-order chi connectivity index (χ0) is 16.8. The second-order valence-electron chi connectivity index (χ2n) is 7.00. The summed E-state index contributed by atoms with van der Waals surface area (Å²) in [5, 5.41) is 0. The largest absolute Gasteiger partial charge is 0.416 e. The van der Waals surface area contributed by atoms with Crippen LogP contribution in [-0.2, 0) is 22.3 Å². The van der Waals surface area contributed by atoms with Gasteiger partial charge in [-0.3, -0.25) is 0 Å². The molecule has 0 saturated carbocycles. The van der Waals surface area contributed by atoms with Gasteiger partial charge in [-0.05, 0) is 23.0 Å². The Morgan fingerprint density at radius 1 is 1.09 bits per heavy atom. The van der Waals surface area contributed by atoms with Crippen molar-refractivity contribution in [3.05, 3.63) is 18.2 Å². The predicted octanol–water partition coefficient (Wildman–Crippen LogP) is 4.61. The molecule has 1 rings (SSSR count). The van der Waals surface area contributed by atoms with Gasteiger partial charge in [0.25, 0.3) is 0 Å². The standard InChI is InChI=1S/C17H34N2O2Si/c1-14(2)22(15(3)4,16(5)6)21-12-8-9-17-18-10-11-19(17)13-20-7/h10-11,14-16H,8-9,12-13H2,1-7H3. The Hall–Kier alpha value is -0.653. The molecule has 0 aromatic carbocycles. The molecule has 4 nitrogen and oxygen atoms in total. The monoisotopic (exact) mass is 326 g/mol. The van der Waals surface area contributed by atoms with E-state index >= 15 is 0 Å². The molecule has 22 heavy (non-hydrogen) atoms. The molecular weight excluding hydrogens is 292 g/mol. The minimum absolute atomic E-state index is 0.568. The van der Waals surface area contributed by atoms with Crippen LogP contribution in [0.2, 0.25) is 16.6 Å². The van der Waals surface area contributed by atoms with Crippen molar-refractivity contribution in [2.75, 3.05) is 13.7 Å². The van der Waals surface area contributed by atoms with Gasteiger partial charge in [-0.1, -0.05) is 41.5 Å². The fraction of sp³-hybridized carbons (Fsp3) is 0.824. The van der Waals surface area contributed by atoms with Gasteiger partial charge in [0.2, 0.25) is 0 Å². The normalized spacial score (nSPS) is 12.8. The number of hydrogen-bond acceptors (Lipinski definition) is 3. The highest BCUT2D eigenvalue weighted by atomic mass is 28.4. The number of imidazole rings is 1. The Morgan fingerprint density at radius 2 is 1.68 bits per heavy atom. The third kappa shape index (κ3) is 4.43. The molecule has 0 aliphatic heterocycles. The van der Waals surface area contributed by atoms with Gasteiger partial charge in [-0.2, -0.15) is 0 Å². The molecule has 0 unspecified atom stereocenters. The Labute approximate surface area is 137 Å². The van der Waals surface area contributed by atoms with Crippen molar-refractivity contribution >= 4 is 8.32 Å². The third-order valence-electron chi connectivity index (χ3n) is 4.67. The van der Waals surface area contributed by atoms with Crippen molar-refractivity contribution in [1.29, 1.82) is 0 Å². The van der Waals surface area contributed by atoms with E-state index < -0.39 is 8.32 Å². The lowest BCUT2D eigenvalue weighted by Crippen LogP contribution is -2.48. The maximum Gasteiger partial charge on any atom is 0.200 e. The summed E-state index contributed by atoms with van der Waals surface area (Å²) < 4.78 is 13.8. The van der Waals surface area contributed by atoms with Crippen molar-refractivity contribution in [3.63, 3.8) is 0 Å². The lowest BCUT2D eigenvalue weighted by atomic mass is 10.3. The Morgan fingerprint density at radius 3 is 2.18 bits per heavy atom. The molecule has 0 atom stereocenters. The molecule has 0 saturated heterocycles. The van der Waals surface area contributed by atoms with Gasteiger partial charge in [-0.15, -0.1) is 0 Å². The molecular formula is C17H34N2O2Si. The van der Waals surface area contributed by atoms with E-state index in [1.54, 1.807) is 7.11 Å². The maximum absolute atomic E-state index is 6.58. The summed E-state index contributed by atoms with van der Waals surface area (Å²) >= 11 is 0. The number of rotatable bonds is 10. The first kappa shape index (κ1) is 19.4. The van der Waals surface area contributed by atoms with Crippen LogP contribution in [-0.4, -0.2) is 31.6 Å². The predicted molar refractivity (Wildman–Crippen MR) is 94.6 cm³/mol. The number of ether oxygens (including phenoxy) is 1. The van der Waals surface area contributed by atoms with Crippen LogP contribution < -0.4 is 0 Å². The van der Waals surface area contributed by atoms with Crippen LogP contribution in [0.5, 0.6) is 0 Å². The molecule has 0 aliphatic rings. The second-order valence-corrected chi connectivity index (χ2v) is 12.5. The molecule has 1 heterocycles. The molecule has 5 heteroatoms. The first-order chi connectivity index (χ1) is 10.4. The van der Waals surface area contributed by atoms with Gasteiger partial charge in [-0.25, -0.2) is 4.98 Å². The van der Waals surface area contributed by atoms with E-state index in [2.05, 4.69) is 51.1 Å². The van der Waals surface area contributed by atoms with Gasteiger partial charge >= 0.3 is 0 Å². The Balaban J connectivity index is 2.58. The van der Waals surface area contributed by atoms with Crippen LogP contribution in [0, 0.1) is 0 Å². The van der Waals surface area contributed by atoms with E-state index in [0.29, 0.717) is 23.4 Å². The Kier molecular flexibility index (Phi) is 7.80. The number of aryl methyl sites for hydroxylation is 1. The number of nitrogens with zero attached hydrogens (tertiary/aromatic N) is 2. The summed E-state index contributed by atoms with van der Waals surface area (Å²) in [5.74, 6) is 1.08. The van der Waals surface area contributed by atoms with Crippen molar-refractivity contribution in [2.24, 2.45) is 0 Å². The summed E-state index contributed by atoms with van der Waals surface area (Å²) in [7, 11) is -0.0213. The first-order valence-electron chi connectivity index (χ1n) is 8.49. The van der Waals surface area contributed by atoms with Crippen LogP contribution in [0.1, 0.15) is 53.8 Å². The smallest absolute Gasteiger partial charge is 0.200 e. The van der Waals surface area contributed by atoms with Crippen molar-refractivity contribution in [2.45, 2.75) is 77.7 Å². The summed E-state index contributed by atoms with van der Waals surface area (Å²) in [6.07, 6.45) is 5.76. The zero-order valence-corrected chi connectivity index (χ0v) is 16.4. The van der Waals surface area contributed by atoms with Crippen LogP contribution in [0.4, 0.5) is 0 Å². The first-order valence-corrected chi connectivity index (χ1v) is 10.6. The topological polar surface area (TPSA) is 36.3 Å². The number of hydrogen-bond donors (Lipinski definition) is 0. The summed E-state index contributed by atoms with van der Waals surface area (Å²) in [5.41, 5.74) is 1.92. The molecule has 0 spiro atoms. The van der Waals surface area contributed by atoms with Gasteiger partial charge in [0.05, 0.1) is 0 Å². The molecule has 1 aromatic rings. The second kappa shape index (κ2) is 8.84. The van der Waals surface area contributed by atoms with Crippen LogP contribution in [0.3, 0.4) is 0 Å². The van der Waals surface area contributed by atoms with Crippen LogP contribution >= 0.6 is 0 Å². The van der Waals surface area contributed by atoms with Crippen molar-refractivity contribution in [3.8, 4) is 0 Å². The Bertz CT molecular complexity index is 408. The van der Waals surface area contributed by atoms with Gasteiger partial charge in [0.1, 0.15) is 12.6 Å². The van der Waals surface area contributed by atoms with Crippen molar-refractivity contribution in [1.82, 2.24) is 9.55 Å². The summed E-state index contributed by atoms with van der Waals surface area (Å²) in [4.78, 5) is 4.41. The van der Waals surface area contributed by atoms with E-state index in [-0.39, 0.29) is 0 Å². The molecule has 0 fully saturated rings. The van der Waals surface area contributed by atoms with Gasteiger partial charge in [0.15, 0.2) is 8.32 Å². The molecule has 1 aromatic heterocycles. The van der Waals surface area contributed by atoms with E-state index in [1.807, 2.05) is 12.4 Å². The molecule has 0 bridgehead atoms. The summed E-state index contributed by atoms with van der Waals surface area (Å²) in [6.45, 7) is 15.4. The zero-order valence-electron chi connectivity index (χ0n) is 15.4.